The number of carbonyl (C=O) groups is 1. The number of aromatic nitrogens is 3. The summed E-state index contributed by atoms with van der Waals surface area (Å²) in [5.74, 6) is 3.25. The first-order valence-electron chi connectivity index (χ1n) is 7.97. The van der Waals surface area contributed by atoms with Gasteiger partial charge in [-0.05, 0) is 63.1 Å². The summed E-state index contributed by atoms with van der Waals surface area (Å²) in [6, 6.07) is 0.244. The summed E-state index contributed by atoms with van der Waals surface area (Å²) in [4.78, 5) is 12.2. The van der Waals surface area contributed by atoms with Crippen LogP contribution in [0.4, 0.5) is 0 Å². The zero-order valence-corrected chi connectivity index (χ0v) is 13.6. The number of amides is 1. The molecule has 1 heterocycles. The first kappa shape index (κ1) is 14.8. The molecule has 116 valence electrons. The van der Waals surface area contributed by atoms with Crippen molar-refractivity contribution in [2.24, 2.45) is 17.8 Å². The maximum Gasteiger partial charge on any atom is 0.220 e. The molecule has 21 heavy (non-hydrogen) atoms. The number of fused-ring (bicyclic) bond motifs is 2. The Morgan fingerprint density at radius 2 is 2.29 bits per heavy atom. The van der Waals surface area contributed by atoms with Gasteiger partial charge in [0.1, 0.15) is 0 Å². The van der Waals surface area contributed by atoms with E-state index in [-0.39, 0.29) is 11.9 Å². The second kappa shape index (κ2) is 5.91. The second-order valence-corrected chi connectivity index (χ2v) is 7.21. The molecule has 0 aliphatic heterocycles. The molecular weight excluding hydrogens is 284 g/mol. The Bertz CT molecular complexity index is 576. The van der Waals surface area contributed by atoms with Crippen LogP contribution in [0.15, 0.2) is 0 Å². The van der Waals surface area contributed by atoms with Crippen LogP contribution in [-0.2, 0) is 11.3 Å². The molecule has 3 atom stereocenters. The van der Waals surface area contributed by atoms with Gasteiger partial charge in [0.25, 0.3) is 0 Å². The molecule has 3 unspecified atom stereocenters. The number of hydrogen-bond donors (Lipinski definition) is 2. The molecule has 1 aromatic rings. The van der Waals surface area contributed by atoms with Gasteiger partial charge in [-0.2, -0.15) is 5.10 Å². The number of H-pyrrole nitrogens is 1. The van der Waals surface area contributed by atoms with E-state index in [4.69, 9.17) is 12.2 Å². The molecule has 3 rings (SSSR count). The Kier molecular flexibility index (Phi) is 4.15. The van der Waals surface area contributed by atoms with Crippen LogP contribution < -0.4 is 5.32 Å². The van der Waals surface area contributed by atoms with Gasteiger partial charge in [0.05, 0.1) is 6.54 Å². The van der Waals surface area contributed by atoms with E-state index in [1.807, 2.05) is 4.57 Å². The lowest BCUT2D eigenvalue weighted by Crippen LogP contribution is -2.28. The zero-order valence-electron chi connectivity index (χ0n) is 12.8. The fourth-order valence-corrected chi connectivity index (χ4v) is 4.47. The van der Waals surface area contributed by atoms with E-state index in [2.05, 4.69) is 29.4 Å². The summed E-state index contributed by atoms with van der Waals surface area (Å²) in [5, 5.41) is 10.0. The molecule has 0 spiro atoms. The van der Waals surface area contributed by atoms with Crippen LogP contribution in [0.25, 0.3) is 0 Å². The fourth-order valence-electron chi connectivity index (χ4n) is 4.11. The van der Waals surface area contributed by atoms with Gasteiger partial charge in [-0.1, -0.05) is 6.42 Å². The maximum atomic E-state index is 12.2. The quantitative estimate of drug-likeness (QED) is 0.822. The SMILES string of the molecule is CC(C)n1c(CNC(=O)CC2CC3CCC2C3)n[nH]c1=S. The monoisotopic (exact) mass is 308 g/mol. The highest BCUT2D eigenvalue weighted by atomic mass is 32.1. The number of nitrogens with one attached hydrogen (secondary N) is 2. The number of nitrogens with zero attached hydrogens (tertiary/aromatic N) is 2. The Hall–Kier alpha value is -1.17. The van der Waals surface area contributed by atoms with Crippen molar-refractivity contribution >= 4 is 18.1 Å². The lowest BCUT2D eigenvalue weighted by molar-refractivity contribution is -0.122. The zero-order chi connectivity index (χ0) is 15.0. The van der Waals surface area contributed by atoms with Gasteiger partial charge in [0.15, 0.2) is 10.6 Å². The molecule has 2 aliphatic rings. The lowest BCUT2D eigenvalue weighted by Gasteiger charge is -2.21. The molecule has 2 aliphatic carbocycles. The number of hydrogen-bond acceptors (Lipinski definition) is 3. The highest BCUT2D eigenvalue weighted by Crippen LogP contribution is 2.49. The largest absolute Gasteiger partial charge is 0.349 e. The van der Waals surface area contributed by atoms with Gasteiger partial charge in [-0.15, -0.1) is 0 Å². The standard InChI is InChI=1S/C15H24N4OS/c1-9(2)19-13(17-18-15(19)21)8-16-14(20)7-12-6-10-3-4-11(12)5-10/h9-12H,3-8H2,1-2H3,(H,16,20)(H,18,21). The Balaban J connectivity index is 1.53. The van der Waals surface area contributed by atoms with Crippen LogP contribution in [0.3, 0.4) is 0 Å². The third-order valence-corrected chi connectivity index (χ3v) is 5.36. The summed E-state index contributed by atoms with van der Waals surface area (Å²) in [5.41, 5.74) is 0. The van der Waals surface area contributed by atoms with Gasteiger partial charge in [-0.25, -0.2) is 0 Å². The van der Waals surface area contributed by atoms with Crippen LogP contribution >= 0.6 is 12.2 Å². The molecule has 5 nitrogen and oxygen atoms in total. The van der Waals surface area contributed by atoms with E-state index in [0.717, 1.165) is 17.7 Å². The highest BCUT2D eigenvalue weighted by molar-refractivity contribution is 7.71. The summed E-state index contributed by atoms with van der Waals surface area (Å²) in [6.45, 7) is 4.57. The fraction of sp³-hybridized carbons (Fsp3) is 0.800. The van der Waals surface area contributed by atoms with Crippen molar-refractivity contribution in [2.75, 3.05) is 0 Å². The molecule has 1 amide bonds. The van der Waals surface area contributed by atoms with Crippen molar-refractivity contribution in [1.29, 1.82) is 0 Å². The first-order valence-corrected chi connectivity index (χ1v) is 8.38. The van der Waals surface area contributed by atoms with Crippen LogP contribution in [0.1, 0.15) is 57.8 Å². The molecule has 1 aromatic heterocycles. The minimum Gasteiger partial charge on any atom is -0.349 e. The average Bonchev–Trinajstić information content (AvgIpc) is 3.11. The summed E-state index contributed by atoms with van der Waals surface area (Å²) < 4.78 is 2.56. The molecule has 2 N–H and O–H groups in total. The van der Waals surface area contributed by atoms with Crippen molar-refractivity contribution in [3.05, 3.63) is 10.6 Å². The molecule has 6 heteroatoms. The Morgan fingerprint density at radius 1 is 1.48 bits per heavy atom. The van der Waals surface area contributed by atoms with Crippen molar-refractivity contribution < 1.29 is 4.79 Å². The number of rotatable bonds is 5. The van der Waals surface area contributed by atoms with Crippen molar-refractivity contribution in [3.8, 4) is 0 Å². The third kappa shape index (κ3) is 3.05. The Morgan fingerprint density at radius 3 is 2.90 bits per heavy atom. The topological polar surface area (TPSA) is 62.7 Å². The summed E-state index contributed by atoms with van der Waals surface area (Å²) in [7, 11) is 0. The van der Waals surface area contributed by atoms with Crippen LogP contribution in [0.5, 0.6) is 0 Å². The molecule has 2 bridgehead atoms. The highest BCUT2D eigenvalue weighted by Gasteiger charge is 2.40. The van der Waals surface area contributed by atoms with Crippen LogP contribution in [0, 0.1) is 22.5 Å². The third-order valence-electron chi connectivity index (χ3n) is 5.07. The molecule has 0 aromatic carbocycles. The lowest BCUT2D eigenvalue weighted by atomic mass is 9.86. The van der Waals surface area contributed by atoms with E-state index in [1.165, 1.54) is 25.7 Å². The summed E-state index contributed by atoms with van der Waals surface area (Å²) in [6.07, 6.45) is 5.99. The minimum absolute atomic E-state index is 0.150. The molecule has 0 radical (unpaired) electrons. The average molecular weight is 308 g/mol. The smallest absolute Gasteiger partial charge is 0.220 e. The molecule has 0 saturated heterocycles. The van der Waals surface area contributed by atoms with Gasteiger partial charge < -0.3 is 9.88 Å². The molecule has 2 saturated carbocycles. The predicted octanol–water partition coefficient (Wildman–Crippen LogP) is 2.96. The first-order chi connectivity index (χ1) is 10.0. The van der Waals surface area contributed by atoms with E-state index >= 15 is 0 Å². The van der Waals surface area contributed by atoms with Crippen LogP contribution in [0.2, 0.25) is 0 Å². The predicted molar refractivity (Wildman–Crippen MR) is 83.2 cm³/mol. The van der Waals surface area contributed by atoms with E-state index < -0.39 is 0 Å². The van der Waals surface area contributed by atoms with Crippen LogP contribution in [-0.4, -0.2) is 20.7 Å². The normalized spacial score (nSPS) is 27.5. The Labute approximate surface area is 130 Å². The molecular formula is C15H24N4OS. The minimum atomic E-state index is 0.150. The van der Waals surface area contributed by atoms with Crippen molar-refractivity contribution in [2.45, 2.75) is 58.5 Å². The van der Waals surface area contributed by atoms with E-state index in [1.54, 1.807) is 0 Å². The van der Waals surface area contributed by atoms with Crippen molar-refractivity contribution in [3.63, 3.8) is 0 Å². The summed E-state index contributed by atoms with van der Waals surface area (Å²) >= 11 is 5.21. The van der Waals surface area contributed by atoms with E-state index in [9.17, 15) is 4.79 Å². The maximum absolute atomic E-state index is 12.2. The molecule has 2 fully saturated rings. The van der Waals surface area contributed by atoms with Gasteiger partial charge in [0.2, 0.25) is 5.91 Å². The number of carbonyl (C=O) groups excluding carboxylic acids is 1. The van der Waals surface area contributed by atoms with Gasteiger partial charge in [0, 0.05) is 12.5 Å². The second-order valence-electron chi connectivity index (χ2n) is 6.82. The number of aromatic amines is 1. The van der Waals surface area contributed by atoms with E-state index in [0.29, 0.717) is 23.7 Å². The van der Waals surface area contributed by atoms with Gasteiger partial charge in [-0.3, -0.25) is 9.89 Å². The van der Waals surface area contributed by atoms with Gasteiger partial charge >= 0.3 is 0 Å². The van der Waals surface area contributed by atoms with Crippen molar-refractivity contribution in [1.82, 2.24) is 20.1 Å².